The third kappa shape index (κ3) is 3.24. The predicted octanol–water partition coefficient (Wildman–Crippen LogP) is 1.57. The molecule has 0 aromatic rings. The first-order valence-corrected chi connectivity index (χ1v) is 6.97. The summed E-state index contributed by atoms with van der Waals surface area (Å²) in [4.78, 5) is 0. The van der Waals surface area contributed by atoms with Gasteiger partial charge in [0.25, 0.3) is 0 Å². The van der Waals surface area contributed by atoms with Crippen LogP contribution in [0.2, 0.25) is 0 Å². The standard InChI is InChI=1S/C10H23NO2S/c1-6-8(2)7-9(11)10(3,4)14(5,12)13/h8-9H,6-7,11H2,1-5H3. The molecule has 0 rings (SSSR count). The van der Waals surface area contributed by atoms with E-state index in [2.05, 4.69) is 13.8 Å². The van der Waals surface area contributed by atoms with Crippen LogP contribution in [0.15, 0.2) is 0 Å². The lowest BCUT2D eigenvalue weighted by molar-refractivity contribution is 0.391. The van der Waals surface area contributed by atoms with Gasteiger partial charge in [0.05, 0.1) is 4.75 Å². The Labute approximate surface area is 88.0 Å². The monoisotopic (exact) mass is 221 g/mol. The summed E-state index contributed by atoms with van der Waals surface area (Å²) in [5.74, 6) is 0.478. The first kappa shape index (κ1) is 13.9. The molecule has 0 aliphatic carbocycles. The third-order valence-corrected chi connectivity index (χ3v) is 5.42. The molecule has 2 unspecified atom stereocenters. The Bertz CT molecular complexity index is 270. The molecule has 0 aliphatic rings. The van der Waals surface area contributed by atoms with E-state index in [1.54, 1.807) is 13.8 Å². The molecule has 0 aliphatic heterocycles. The summed E-state index contributed by atoms with van der Waals surface area (Å²) in [5.41, 5.74) is 5.93. The van der Waals surface area contributed by atoms with Crippen molar-refractivity contribution in [2.75, 3.05) is 6.26 Å². The molecule has 0 saturated heterocycles. The number of rotatable bonds is 5. The number of hydrogen-bond donors (Lipinski definition) is 1. The van der Waals surface area contributed by atoms with E-state index in [1.807, 2.05) is 0 Å². The van der Waals surface area contributed by atoms with Crippen molar-refractivity contribution in [1.29, 1.82) is 0 Å². The fourth-order valence-electron chi connectivity index (χ4n) is 1.16. The Morgan fingerprint density at radius 1 is 1.36 bits per heavy atom. The molecule has 0 amide bonds. The van der Waals surface area contributed by atoms with Crippen molar-refractivity contribution < 1.29 is 8.42 Å². The molecule has 3 nitrogen and oxygen atoms in total. The van der Waals surface area contributed by atoms with E-state index in [0.717, 1.165) is 12.8 Å². The molecule has 0 saturated carbocycles. The number of sulfone groups is 1. The lowest BCUT2D eigenvalue weighted by Gasteiger charge is -2.31. The summed E-state index contributed by atoms with van der Waals surface area (Å²) in [7, 11) is -3.08. The molecule has 0 heterocycles. The molecule has 86 valence electrons. The highest BCUT2D eigenvalue weighted by Crippen LogP contribution is 2.24. The first-order chi connectivity index (χ1) is 6.13. The van der Waals surface area contributed by atoms with Crippen LogP contribution in [0.3, 0.4) is 0 Å². The van der Waals surface area contributed by atoms with Gasteiger partial charge in [-0.2, -0.15) is 0 Å². The average molecular weight is 221 g/mol. The van der Waals surface area contributed by atoms with Crippen LogP contribution >= 0.6 is 0 Å². The van der Waals surface area contributed by atoms with Gasteiger partial charge in [0.2, 0.25) is 0 Å². The Hall–Kier alpha value is -0.0900. The van der Waals surface area contributed by atoms with Gasteiger partial charge >= 0.3 is 0 Å². The molecule has 0 aromatic carbocycles. The Morgan fingerprint density at radius 3 is 2.07 bits per heavy atom. The lowest BCUT2D eigenvalue weighted by atomic mass is 9.92. The van der Waals surface area contributed by atoms with Crippen molar-refractivity contribution in [2.45, 2.75) is 51.3 Å². The SMILES string of the molecule is CCC(C)CC(N)C(C)(C)S(C)(=O)=O. The van der Waals surface area contributed by atoms with Crippen LogP contribution < -0.4 is 5.73 Å². The zero-order valence-electron chi connectivity index (χ0n) is 9.87. The molecule has 0 bridgehead atoms. The van der Waals surface area contributed by atoms with E-state index >= 15 is 0 Å². The minimum atomic E-state index is -3.08. The number of nitrogens with two attached hydrogens (primary N) is 1. The molecule has 0 aromatic heterocycles. The van der Waals surface area contributed by atoms with Gasteiger partial charge in [-0.15, -0.1) is 0 Å². The highest BCUT2D eigenvalue weighted by molar-refractivity contribution is 7.92. The van der Waals surface area contributed by atoms with E-state index in [0.29, 0.717) is 5.92 Å². The maximum atomic E-state index is 11.5. The van der Waals surface area contributed by atoms with Crippen molar-refractivity contribution in [3.05, 3.63) is 0 Å². The van der Waals surface area contributed by atoms with Gasteiger partial charge in [-0.25, -0.2) is 8.42 Å². The minimum absolute atomic E-state index is 0.285. The zero-order valence-corrected chi connectivity index (χ0v) is 10.7. The molecule has 0 fully saturated rings. The van der Waals surface area contributed by atoms with Crippen molar-refractivity contribution in [1.82, 2.24) is 0 Å². The number of hydrogen-bond acceptors (Lipinski definition) is 3. The fourth-order valence-corrected chi connectivity index (χ4v) is 1.81. The zero-order chi connectivity index (χ0) is 11.6. The van der Waals surface area contributed by atoms with E-state index in [4.69, 9.17) is 5.73 Å². The summed E-state index contributed by atoms with van der Waals surface area (Å²) in [6, 6.07) is -0.285. The largest absolute Gasteiger partial charge is 0.326 e. The normalized spacial score (nSPS) is 17.9. The van der Waals surface area contributed by atoms with Crippen molar-refractivity contribution >= 4 is 9.84 Å². The van der Waals surface area contributed by atoms with Gasteiger partial charge in [0, 0.05) is 12.3 Å². The highest BCUT2D eigenvalue weighted by Gasteiger charge is 2.36. The van der Waals surface area contributed by atoms with Gasteiger partial charge in [-0.1, -0.05) is 20.3 Å². The van der Waals surface area contributed by atoms with Gasteiger partial charge in [-0.05, 0) is 26.2 Å². The van der Waals surface area contributed by atoms with Crippen LogP contribution in [0.1, 0.15) is 40.5 Å². The lowest BCUT2D eigenvalue weighted by Crippen LogP contribution is -2.49. The molecule has 2 N–H and O–H groups in total. The minimum Gasteiger partial charge on any atom is -0.326 e. The maximum absolute atomic E-state index is 11.5. The Kier molecular flexibility index (Phi) is 4.59. The van der Waals surface area contributed by atoms with Crippen molar-refractivity contribution in [3.63, 3.8) is 0 Å². The highest BCUT2D eigenvalue weighted by atomic mass is 32.2. The summed E-state index contributed by atoms with van der Waals surface area (Å²) in [6.45, 7) is 7.59. The summed E-state index contributed by atoms with van der Waals surface area (Å²) < 4.78 is 22.1. The molecule has 0 spiro atoms. The van der Waals surface area contributed by atoms with Crippen LogP contribution in [0.5, 0.6) is 0 Å². The smallest absolute Gasteiger partial charge is 0.154 e. The molecular formula is C10H23NO2S. The van der Waals surface area contributed by atoms with E-state index in [9.17, 15) is 8.42 Å². The molecule has 14 heavy (non-hydrogen) atoms. The average Bonchev–Trinajstić information content (AvgIpc) is 2.01. The second kappa shape index (κ2) is 4.62. The van der Waals surface area contributed by atoms with Gasteiger partial charge in [-0.3, -0.25) is 0 Å². The summed E-state index contributed by atoms with van der Waals surface area (Å²) in [5, 5.41) is 0. The van der Waals surface area contributed by atoms with Gasteiger partial charge in [0.15, 0.2) is 9.84 Å². The van der Waals surface area contributed by atoms with Crippen molar-refractivity contribution in [3.8, 4) is 0 Å². The van der Waals surface area contributed by atoms with E-state index < -0.39 is 14.6 Å². The third-order valence-electron chi connectivity index (χ3n) is 3.20. The van der Waals surface area contributed by atoms with Crippen LogP contribution in [-0.4, -0.2) is 25.5 Å². The Morgan fingerprint density at radius 2 is 1.79 bits per heavy atom. The summed E-state index contributed by atoms with van der Waals surface area (Å²) >= 11 is 0. The van der Waals surface area contributed by atoms with Crippen LogP contribution in [0.4, 0.5) is 0 Å². The first-order valence-electron chi connectivity index (χ1n) is 5.08. The molecular weight excluding hydrogens is 198 g/mol. The van der Waals surface area contributed by atoms with E-state index in [1.165, 1.54) is 6.26 Å². The summed E-state index contributed by atoms with van der Waals surface area (Å²) in [6.07, 6.45) is 3.05. The molecule has 0 radical (unpaired) electrons. The topological polar surface area (TPSA) is 60.2 Å². The Balaban J connectivity index is 4.60. The second-order valence-corrected chi connectivity index (χ2v) is 7.33. The quantitative estimate of drug-likeness (QED) is 0.766. The van der Waals surface area contributed by atoms with Gasteiger partial charge < -0.3 is 5.73 Å². The van der Waals surface area contributed by atoms with Crippen LogP contribution in [-0.2, 0) is 9.84 Å². The maximum Gasteiger partial charge on any atom is 0.154 e. The van der Waals surface area contributed by atoms with Crippen LogP contribution in [0.25, 0.3) is 0 Å². The van der Waals surface area contributed by atoms with Crippen molar-refractivity contribution in [2.24, 2.45) is 11.7 Å². The fraction of sp³-hybridized carbons (Fsp3) is 1.00. The van der Waals surface area contributed by atoms with E-state index in [-0.39, 0.29) is 6.04 Å². The molecule has 4 heteroatoms. The second-order valence-electron chi connectivity index (χ2n) is 4.73. The molecule has 2 atom stereocenters. The predicted molar refractivity (Wildman–Crippen MR) is 61.0 cm³/mol. The van der Waals surface area contributed by atoms with Crippen LogP contribution in [0, 0.1) is 5.92 Å². The van der Waals surface area contributed by atoms with Gasteiger partial charge in [0.1, 0.15) is 0 Å².